The summed E-state index contributed by atoms with van der Waals surface area (Å²) < 4.78 is 39.0. The number of benzene rings is 1. The summed E-state index contributed by atoms with van der Waals surface area (Å²) in [6.07, 6.45) is -4.28. The first-order valence-corrected chi connectivity index (χ1v) is 7.04. The fraction of sp³-hybridized carbons (Fsp3) is 0.533. The highest BCUT2D eigenvalue weighted by Crippen LogP contribution is 2.36. The van der Waals surface area contributed by atoms with Crippen LogP contribution in [0.5, 0.6) is 0 Å². The van der Waals surface area contributed by atoms with Crippen LogP contribution < -0.4 is 5.32 Å². The van der Waals surface area contributed by atoms with Crippen LogP contribution in [-0.4, -0.2) is 37.0 Å². The molecule has 6 heteroatoms. The summed E-state index contributed by atoms with van der Waals surface area (Å²) in [6.45, 7) is 4.38. The first kappa shape index (κ1) is 15.8. The second kappa shape index (κ2) is 6.47. The maximum atomic E-state index is 13.0. The molecule has 2 rings (SSSR count). The molecule has 1 atom stereocenters. The number of alkyl halides is 3. The van der Waals surface area contributed by atoms with Gasteiger partial charge in [0.05, 0.1) is 5.56 Å². The average Bonchev–Trinajstić information content (AvgIpc) is 2.47. The van der Waals surface area contributed by atoms with Gasteiger partial charge in [-0.25, -0.2) is 0 Å². The third-order valence-electron chi connectivity index (χ3n) is 3.75. The SMILES string of the molecule is CC(CC(=O)N1CCNCC1)c1ccccc1C(F)(F)F. The van der Waals surface area contributed by atoms with Gasteiger partial charge >= 0.3 is 6.18 Å². The number of nitrogens with zero attached hydrogens (tertiary/aromatic N) is 1. The van der Waals surface area contributed by atoms with E-state index in [4.69, 9.17) is 0 Å². The van der Waals surface area contributed by atoms with Crippen molar-refractivity contribution in [3.8, 4) is 0 Å². The molecule has 0 spiro atoms. The molecule has 116 valence electrons. The van der Waals surface area contributed by atoms with Gasteiger partial charge in [-0.1, -0.05) is 25.1 Å². The zero-order valence-corrected chi connectivity index (χ0v) is 11.9. The molecule has 3 nitrogen and oxygen atoms in total. The number of carbonyl (C=O) groups is 1. The van der Waals surface area contributed by atoms with Crippen LogP contribution in [0.4, 0.5) is 13.2 Å². The highest BCUT2D eigenvalue weighted by molar-refractivity contribution is 5.77. The normalized spacial score (nSPS) is 17.6. The second-order valence-corrected chi connectivity index (χ2v) is 5.32. The monoisotopic (exact) mass is 300 g/mol. The lowest BCUT2D eigenvalue weighted by Gasteiger charge is -2.29. The number of carbonyl (C=O) groups excluding carboxylic acids is 1. The van der Waals surface area contributed by atoms with Crippen molar-refractivity contribution in [2.75, 3.05) is 26.2 Å². The quantitative estimate of drug-likeness (QED) is 0.930. The van der Waals surface area contributed by atoms with Gasteiger partial charge in [0.15, 0.2) is 0 Å². The highest BCUT2D eigenvalue weighted by Gasteiger charge is 2.34. The molecule has 0 saturated carbocycles. The van der Waals surface area contributed by atoms with Crippen LogP contribution >= 0.6 is 0 Å². The summed E-state index contributed by atoms with van der Waals surface area (Å²) in [5.74, 6) is -0.536. The van der Waals surface area contributed by atoms with E-state index >= 15 is 0 Å². The minimum Gasteiger partial charge on any atom is -0.340 e. The summed E-state index contributed by atoms with van der Waals surface area (Å²) in [5, 5.41) is 3.14. The Kier molecular flexibility index (Phi) is 4.88. The van der Waals surface area contributed by atoms with E-state index in [-0.39, 0.29) is 17.9 Å². The van der Waals surface area contributed by atoms with Gasteiger partial charge in [0.1, 0.15) is 0 Å². The number of piperazine rings is 1. The molecule has 1 N–H and O–H groups in total. The van der Waals surface area contributed by atoms with Crippen molar-refractivity contribution < 1.29 is 18.0 Å². The predicted molar refractivity (Wildman–Crippen MR) is 73.9 cm³/mol. The van der Waals surface area contributed by atoms with E-state index in [1.165, 1.54) is 12.1 Å². The Balaban J connectivity index is 2.10. The van der Waals surface area contributed by atoms with Gasteiger partial charge in [-0.15, -0.1) is 0 Å². The van der Waals surface area contributed by atoms with Crippen molar-refractivity contribution in [2.24, 2.45) is 0 Å². The van der Waals surface area contributed by atoms with E-state index < -0.39 is 17.7 Å². The fourth-order valence-electron chi connectivity index (χ4n) is 2.60. The summed E-state index contributed by atoms with van der Waals surface area (Å²) >= 11 is 0. The Bertz CT molecular complexity index is 496. The Morgan fingerprint density at radius 3 is 2.52 bits per heavy atom. The third-order valence-corrected chi connectivity index (χ3v) is 3.75. The molecule has 1 amide bonds. The lowest BCUT2D eigenvalue weighted by Crippen LogP contribution is -2.46. The van der Waals surface area contributed by atoms with Gasteiger partial charge in [0, 0.05) is 32.6 Å². The molecule has 1 aromatic rings. The molecule has 1 fully saturated rings. The van der Waals surface area contributed by atoms with Crippen LogP contribution in [0.15, 0.2) is 24.3 Å². The standard InChI is InChI=1S/C15H19F3N2O/c1-11(10-14(21)20-8-6-19-7-9-20)12-4-2-3-5-13(12)15(16,17)18/h2-5,11,19H,6-10H2,1H3. The first-order valence-electron chi connectivity index (χ1n) is 7.04. The third kappa shape index (κ3) is 3.97. The molecule has 1 saturated heterocycles. The van der Waals surface area contributed by atoms with Crippen LogP contribution in [0.25, 0.3) is 0 Å². The van der Waals surface area contributed by atoms with Gasteiger partial charge < -0.3 is 10.2 Å². The largest absolute Gasteiger partial charge is 0.416 e. The van der Waals surface area contributed by atoms with Gasteiger partial charge in [-0.05, 0) is 17.5 Å². The average molecular weight is 300 g/mol. The smallest absolute Gasteiger partial charge is 0.340 e. The second-order valence-electron chi connectivity index (χ2n) is 5.32. The van der Waals surface area contributed by atoms with Crippen molar-refractivity contribution in [1.29, 1.82) is 0 Å². The molecule has 1 aliphatic rings. The van der Waals surface area contributed by atoms with E-state index in [0.717, 1.165) is 19.2 Å². The topological polar surface area (TPSA) is 32.3 Å². The molecule has 0 bridgehead atoms. The summed E-state index contributed by atoms with van der Waals surface area (Å²) in [4.78, 5) is 13.9. The van der Waals surface area contributed by atoms with E-state index in [9.17, 15) is 18.0 Å². The number of hydrogen-bond donors (Lipinski definition) is 1. The molecule has 1 aliphatic heterocycles. The molecule has 1 aromatic carbocycles. The molecular formula is C15H19F3N2O. The molecular weight excluding hydrogens is 281 g/mol. The van der Waals surface area contributed by atoms with Gasteiger partial charge in [0.25, 0.3) is 0 Å². The fourth-order valence-corrected chi connectivity index (χ4v) is 2.60. The van der Waals surface area contributed by atoms with Crippen LogP contribution in [0.2, 0.25) is 0 Å². The molecule has 0 aliphatic carbocycles. The molecule has 21 heavy (non-hydrogen) atoms. The predicted octanol–water partition coefficient (Wildman–Crippen LogP) is 2.63. The summed E-state index contributed by atoms with van der Waals surface area (Å²) in [7, 11) is 0. The van der Waals surface area contributed by atoms with E-state index in [1.54, 1.807) is 17.9 Å². The van der Waals surface area contributed by atoms with Gasteiger partial charge in [-0.3, -0.25) is 4.79 Å². The van der Waals surface area contributed by atoms with Crippen molar-refractivity contribution >= 4 is 5.91 Å². The zero-order chi connectivity index (χ0) is 15.5. The number of amides is 1. The van der Waals surface area contributed by atoms with Crippen LogP contribution in [-0.2, 0) is 11.0 Å². The van der Waals surface area contributed by atoms with Crippen LogP contribution in [0.1, 0.15) is 30.4 Å². The number of hydrogen-bond acceptors (Lipinski definition) is 2. The lowest BCUT2D eigenvalue weighted by molar-refractivity contribution is -0.139. The maximum Gasteiger partial charge on any atom is 0.416 e. The zero-order valence-electron chi connectivity index (χ0n) is 11.9. The Morgan fingerprint density at radius 2 is 1.90 bits per heavy atom. The minimum atomic E-state index is -4.39. The van der Waals surface area contributed by atoms with Crippen LogP contribution in [0.3, 0.4) is 0 Å². The van der Waals surface area contributed by atoms with Crippen molar-refractivity contribution in [2.45, 2.75) is 25.4 Å². The Labute approximate surface area is 122 Å². The number of nitrogens with one attached hydrogen (secondary N) is 1. The molecule has 0 radical (unpaired) electrons. The van der Waals surface area contributed by atoms with Crippen molar-refractivity contribution in [3.63, 3.8) is 0 Å². The van der Waals surface area contributed by atoms with E-state index in [0.29, 0.717) is 13.1 Å². The highest BCUT2D eigenvalue weighted by atomic mass is 19.4. The van der Waals surface area contributed by atoms with Crippen LogP contribution in [0, 0.1) is 0 Å². The minimum absolute atomic E-state index is 0.0824. The van der Waals surface area contributed by atoms with Gasteiger partial charge in [0.2, 0.25) is 5.91 Å². The summed E-state index contributed by atoms with van der Waals surface area (Å²) in [5.41, 5.74) is -0.459. The first-order chi connectivity index (χ1) is 9.89. The van der Waals surface area contributed by atoms with Crippen molar-refractivity contribution in [1.82, 2.24) is 10.2 Å². The van der Waals surface area contributed by atoms with E-state index in [2.05, 4.69) is 5.32 Å². The molecule has 1 heterocycles. The lowest BCUT2D eigenvalue weighted by atomic mass is 9.92. The Morgan fingerprint density at radius 1 is 1.29 bits per heavy atom. The molecule has 0 aromatic heterocycles. The van der Waals surface area contributed by atoms with Crippen molar-refractivity contribution in [3.05, 3.63) is 35.4 Å². The summed E-state index contributed by atoms with van der Waals surface area (Å²) in [6, 6.07) is 5.48. The van der Waals surface area contributed by atoms with Gasteiger partial charge in [-0.2, -0.15) is 13.2 Å². The molecule has 1 unspecified atom stereocenters. The van der Waals surface area contributed by atoms with E-state index in [1.807, 2.05) is 0 Å². The maximum absolute atomic E-state index is 13.0. The number of rotatable bonds is 3. The number of halogens is 3. The Hall–Kier alpha value is -1.56.